The summed E-state index contributed by atoms with van der Waals surface area (Å²) in [6, 6.07) is 7.65. The van der Waals surface area contributed by atoms with E-state index < -0.39 is 0 Å². The van der Waals surface area contributed by atoms with Gasteiger partial charge in [0.05, 0.1) is 18.8 Å². The van der Waals surface area contributed by atoms with Crippen molar-refractivity contribution in [2.75, 3.05) is 43.1 Å². The number of ether oxygens (including phenoxy) is 1. The molecule has 0 fully saturated rings. The molecule has 47 heavy (non-hydrogen) atoms. The summed E-state index contributed by atoms with van der Waals surface area (Å²) in [7, 11) is 1.71. The Morgan fingerprint density at radius 1 is 1.09 bits per heavy atom. The molecule has 4 aromatic heterocycles. The maximum absolute atomic E-state index is 13.8. The molecule has 248 valence electrons. The maximum Gasteiger partial charge on any atom is 0.276 e. The number of aryl methyl sites for hydroxylation is 1. The topological polar surface area (TPSA) is 123 Å². The van der Waals surface area contributed by atoms with Crippen molar-refractivity contribution in [2.45, 2.75) is 66.3 Å². The van der Waals surface area contributed by atoms with Gasteiger partial charge in [-0.05, 0) is 60.9 Å². The van der Waals surface area contributed by atoms with Crippen LogP contribution < -0.4 is 15.8 Å². The third kappa shape index (κ3) is 5.90. The highest BCUT2D eigenvalue weighted by molar-refractivity contribution is 6.06. The molecule has 0 spiro atoms. The van der Waals surface area contributed by atoms with Crippen molar-refractivity contribution >= 4 is 23.2 Å². The lowest BCUT2D eigenvalue weighted by Gasteiger charge is -2.31. The van der Waals surface area contributed by atoms with Crippen molar-refractivity contribution in [1.29, 1.82) is 0 Å². The van der Waals surface area contributed by atoms with E-state index in [1.54, 1.807) is 30.4 Å². The molecule has 6 heterocycles. The fourth-order valence-electron chi connectivity index (χ4n) is 7.45. The molecule has 0 atom stereocenters. The SMILES string of the molecule is CCOCCCN1CCn2nc(Nc3cc(-c4ccnc(N5CCn6c(cc7c6CC(C)(C)C7)C5=O)c4CO)cn(C)c3=O)cc2C1. The molecule has 0 aromatic carbocycles. The van der Waals surface area contributed by atoms with Gasteiger partial charge in [-0.1, -0.05) is 13.8 Å². The summed E-state index contributed by atoms with van der Waals surface area (Å²) in [6.07, 6.45) is 6.32. The summed E-state index contributed by atoms with van der Waals surface area (Å²) in [5.74, 6) is 0.946. The van der Waals surface area contributed by atoms with Crippen LogP contribution in [0.2, 0.25) is 0 Å². The van der Waals surface area contributed by atoms with Crippen LogP contribution in [0.1, 0.15) is 60.2 Å². The van der Waals surface area contributed by atoms with E-state index in [1.807, 2.05) is 29.8 Å². The number of hydrogen-bond acceptors (Lipinski definition) is 8. The number of rotatable bonds is 10. The fraction of sp³-hybridized carbons (Fsp3) is 0.486. The zero-order valence-corrected chi connectivity index (χ0v) is 27.8. The van der Waals surface area contributed by atoms with Crippen LogP contribution in [0.25, 0.3) is 11.1 Å². The van der Waals surface area contributed by atoms with Crippen LogP contribution in [-0.2, 0) is 50.9 Å². The number of amides is 1. The number of aliphatic hydroxyl groups is 1. The molecular formula is C35H44N8O4. The predicted octanol–water partition coefficient (Wildman–Crippen LogP) is 3.71. The highest BCUT2D eigenvalue weighted by Gasteiger charge is 2.37. The molecule has 0 saturated carbocycles. The smallest absolute Gasteiger partial charge is 0.276 e. The first kappa shape index (κ1) is 31.3. The normalized spacial score (nSPS) is 17.1. The van der Waals surface area contributed by atoms with Crippen LogP contribution in [0, 0.1) is 5.41 Å². The molecule has 0 saturated heterocycles. The van der Waals surface area contributed by atoms with Crippen LogP contribution in [0.15, 0.2) is 41.5 Å². The molecule has 0 radical (unpaired) electrons. The number of nitrogens with zero attached hydrogens (tertiary/aromatic N) is 7. The van der Waals surface area contributed by atoms with Crippen LogP contribution in [0.5, 0.6) is 0 Å². The quantitative estimate of drug-likeness (QED) is 0.252. The van der Waals surface area contributed by atoms with Gasteiger partial charge in [0.2, 0.25) is 0 Å². The molecule has 0 bridgehead atoms. The third-order valence-corrected chi connectivity index (χ3v) is 9.67. The Hall–Kier alpha value is -4.26. The van der Waals surface area contributed by atoms with E-state index in [-0.39, 0.29) is 23.5 Å². The fourth-order valence-corrected chi connectivity index (χ4v) is 7.45. The van der Waals surface area contributed by atoms with Gasteiger partial charge >= 0.3 is 0 Å². The molecule has 12 heteroatoms. The summed E-state index contributed by atoms with van der Waals surface area (Å²) in [5, 5.41) is 18.7. The predicted molar refractivity (Wildman–Crippen MR) is 180 cm³/mol. The number of carbonyl (C=O) groups is 1. The average molecular weight is 641 g/mol. The van der Waals surface area contributed by atoms with Crippen molar-refractivity contribution < 1.29 is 14.6 Å². The molecule has 4 aromatic rings. The van der Waals surface area contributed by atoms with E-state index in [9.17, 15) is 14.7 Å². The Morgan fingerprint density at radius 3 is 2.74 bits per heavy atom. The van der Waals surface area contributed by atoms with Gasteiger partial charge in [-0.3, -0.25) is 24.1 Å². The van der Waals surface area contributed by atoms with E-state index >= 15 is 0 Å². The number of pyridine rings is 2. The Labute approximate surface area is 274 Å². The highest BCUT2D eigenvalue weighted by atomic mass is 16.5. The first-order valence-electron chi connectivity index (χ1n) is 16.6. The van der Waals surface area contributed by atoms with Gasteiger partial charge in [0.15, 0.2) is 5.82 Å². The van der Waals surface area contributed by atoms with Gasteiger partial charge in [-0.2, -0.15) is 5.10 Å². The maximum atomic E-state index is 13.8. The van der Waals surface area contributed by atoms with E-state index in [0.29, 0.717) is 47.2 Å². The second-order valence-electron chi connectivity index (χ2n) is 13.7. The summed E-state index contributed by atoms with van der Waals surface area (Å²) in [4.78, 5) is 35.8. The van der Waals surface area contributed by atoms with Crippen LogP contribution in [-0.4, -0.2) is 72.7 Å². The van der Waals surface area contributed by atoms with E-state index in [0.717, 1.165) is 69.9 Å². The Balaban J connectivity index is 1.14. The molecule has 7 rings (SSSR count). The van der Waals surface area contributed by atoms with Crippen LogP contribution >= 0.6 is 0 Å². The van der Waals surface area contributed by atoms with E-state index in [1.165, 1.54) is 15.8 Å². The number of hydrogen-bond donors (Lipinski definition) is 2. The number of fused-ring (bicyclic) bond motifs is 4. The minimum Gasteiger partial charge on any atom is -0.392 e. The number of carbonyl (C=O) groups excluding carboxylic acids is 1. The van der Waals surface area contributed by atoms with E-state index in [4.69, 9.17) is 9.84 Å². The van der Waals surface area contributed by atoms with Gasteiger partial charge in [0.1, 0.15) is 17.2 Å². The van der Waals surface area contributed by atoms with Gasteiger partial charge in [-0.25, -0.2) is 4.98 Å². The molecule has 12 nitrogen and oxygen atoms in total. The van der Waals surface area contributed by atoms with Crippen molar-refractivity contribution in [1.82, 2.24) is 28.8 Å². The molecule has 2 aliphatic heterocycles. The third-order valence-electron chi connectivity index (χ3n) is 9.67. The van der Waals surface area contributed by atoms with Gasteiger partial charge in [-0.15, -0.1) is 0 Å². The number of nitrogens with one attached hydrogen (secondary N) is 1. The van der Waals surface area contributed by atoms with Crippen molar-refractivity contribution in [2.24, 2.45) is 12.5 Å². The number of aliphatic hydroxyl groups excluding tert-OH is 1. The minimum absolute atomic E-state index is 0.109. The van der Waals surface area contributed by atoms with Crippen molar-refractivity contribution in [3.05, 3.63) is 75.2 Å². The number of anilines is 3. The highest BCUT2D eigenvalue weighted by Crippen LogP contribution is 2.40. The van der Waals surface area contributed by atoms with Crippen molar-refractivity contribution in [3.63, 3.8) is 0 Å². The molecule has 2 N–H and O–H groups in total. The summed E-state index contributed by atoms with van der Waals surface area (Å²) in [5.41, 5.74) is 6.65. The Bertz CT molecular complexity index is 1890. The monoisotopic (exact) mass is 640 g/mol. The molecular weight excluding hydrogens is 596 g/mol. The lowest BCUT2D eigenvalue weighted by atomic mass is 9.90. The average Bonchev–Trinajstić information content (AvgIpc) is 3.70. The van der Waals surface area contributed by atoms with Crippen LogP contribution in [0.3, 0.4) is 0 Å². The van der Waals surface area contributed by atoms with Crippen LogP contribution in [0.4, 0.5) is 17.3 Å². The summed E-state index contributed by atoms with van der Waals surface area (Å²) >= 11 is 0. The lowest BCUT2D eigenvalue weighted by molar-refractivity contribution is 0.0962. The van der Waals surface area contributed by atoms with Gasteiger partial charge < -0.3 is 24.3 Å². The van der Waals surface area contributed by atoms with E-state index in [2.05, 4.69) is 33.6 Å². The Morgan fingerprint density at radius 2 is 1.94 bits per heavy atom. The first-order valence-corrected chi connectivity index (χ1v) is 16.6. The zero-order chi connectivity index (χ0) is 32.9. The molecule has 1 aliphatic carbocycles. The summed E-state index contributed by atoms with van der Waals surface area (Å²) < 4.78 is 11.2. The lowest BCUT2D eigenvalue weighted by Crippen LogP contribution is -2.41. The summed E-state index contributed by atoms with van der Waals surface area (Å²) in [6.45, 7) is 12.3. The second-order valence-corrected chi connectivity index (χ2v) is 13.7. The van der Waals surface area contributed by atoms with Gasteiger partial charge in [0, 0.05) is 88.3 Å². The minimum atomic E-state index is -0.311. The molecule has 1 amide bonds. The van der Waals surface area contributed by atoms with Gasteiger partial charge in [0.25, 0.3) is 11.5 Å². The van der Waals surface area contributed by atoms with Crippen molar-refractivity contribution in [3.8, 4) is 11.1 Å². The number of aromatic nitrogens is 5. The zero-order valence-electron chi connectivity index (χ0n) is 27.8. The standard InChI is InChI=1S/C35H44N8O4/c1-5-47-14-6-9-40-10-13-43-25(21-40)17-31(38-43)37-28-15-24(20-39(4)33(28)45)26-7-8-36-32(27(26)22-44)42-12-11-41-29(34(42)46)16-23-18-35(2,3)19-30(23)41/h7-8,15-17,20,44H,5-6,9-14,18-19,21-22H2,1-4H3,(H,37,38). The second kappa shape index (κ2) is 12.4. The molecule has 3 aliphatic rings. The largest absolute Gasteiger partial charge is 0.392 e. The Kier molecular flexibility index (Phi) is 8.27. The molecule has 0 unspecified atom stereocenters. The first-order chi connectivity index (χ1) is 22.7.